The van der Waals surface area contributed by atoms with Gasteiger partial charge in [-0.1, -0.05) is 0 Å². The van der Waals surface area contributed by atoms with E-state index in [1.165, 1.54) is 12.1 Å². The van der Waals surface area contributed by atoms with E-state index in [9.17, 15) is 22.8 Å². The summed E-state index contributed by atoms with van der Waals surface area (Å²) < 4.78 is 45.6. The predicted octanol–water partition coefficient (Wildman–Crippen LogP) is 2.94. The van der Waals surface area contributed by atoms with Crippen LogP contribution >= 0.6 is 11.9 Å². The van der Waals surface area contributed by atoms with Gasteiger partial charge in [0.25, 0.3) is 0 Å². The minimum absolute atomic E-state index is 0.0779. The fraction of sp³-hybridized carbons (Fsp3) is 0.167. The van der Waals surface area contributed by atoms with Crippen LogP contribution in [0.15, 0.2) is 29.2 Å². The number of hydrogen-bond acceptors (Lipinski definition) is 5. The second kappa shape index (κ2) is 8.32. The topological polar surface area (TPSA) is 108 Å². The average Bonchev–Trinajstić information content (AvgIpc) is 3.15. The van der Waals surface area contributed by atoms with Gasteiger partial charge in [0.15, 0.2) is 11.6 Å². The maximum atomic E-state index is 13.4. The molecule has 2 aromatic rings. The highest BCUT2D eigenvalue weighted by Crippen LogP contribution is 2.37. The van der Waals surface area contributed by atoms with Crippen molar-refractivity contribution in [2.75, 3.05) is 18.5 Å². The number of fused-ring (bicyclic) bond motifs is 2. The summed E-state index contributed by atoms with van der Waals surface area (Å²) in [4.78, 5) is 22.1. The number of halogens is 3. The first kappa shape index (κ1) is 20.3. The van der Waals surface area contributed by atoms with Crippen LogP contribution in [0.2, 0.25) is 0 Å². The summed E-state index contributed by atoms with van der Waals surface area (Å²) in [5.41, 5.74) is 6.00. The molecule has 11 heteroatoms. The summed E-state index contributed by atoms with van der Waals surface area (Å²) >= 11 is 0.640. The SMILES string of the molecule is N#Cc1cc(F)c2c(c1)OCC2.NC(=O)CN1Sc2c(ccc(F)c2F)NC1=O. The van der Waals surface area contributed by atoms with E-state index in [4.69, 9.17) is 15.7 Å². The Hall–Kier alpha value is -3.39. The Morgan fingerprint density at radius 2 is 2.07 bits per heavy atom. The van der Waals surface area contributed by atoms with Crippen molar-refractivity contribution in [2.45, 2.75) is 11.3 Å². The van der Waals surface area contributed by atoms with E-state index in [2.05, 4.69) is 5.32 Å². The Labute approximate surface area is 167 Å². The maximum absolute atomic E-state index is 13.4. The lowest BCUT2D eigenvalue weighted by Crippen LogP contribution is -2.38. The lowest BCUT2D eigenvalue weighted by atomic mass is 10.1. The van der Waals surface area contributed by atoms with Gasteiger partial charge in [0.05, 0.1) is 28.8 Å². The Bertz CT molecular complexity index is 1040. The third-order valence-electron chi connectivity index (χ3n) is 3.91. The van der Waals surface area contributed by atoms with Crippen LogP contribution in [0.4, 0.5) is 23.7 Å². The number of amides is 3. The number of nitrogens with one attached hydrogen (secondary N) is 1. The van der Waals surface area contributed by atoms with E-state index in [1.807, 2.05) is 6.07 Å². The molecule has 2 aliphatic heterocycles. The molecule has 0 unspecified atom stereocenters. The fourth-order valence-electron chi connectivity index (χ4n) is 2.60. The highest BCUT2D eigenvalue weighted by atomic mass is 32.2. The van der Waals surface area contributed by atoms with Crippen LogP contribution in [-0.2, 0) is 11.2 Å². The van der Waals surface area contributed by atoms with Crippen molar-refractivity contribution < 1.29 is 27.5 Å². The van der Waals surface area contributed by atoms with E-state index in [0.29, 0.717) is 41.9 Å². The molecule has 4 rings (SSSR count). The zero-order valence-corrected chi connectivity index (χ0v) is 15.5. The molecule has 0 radical (unpaired) electrons. The van der Waals surface area contributed by atoms with Gasteiger partial charge >= 0.3 is 6.03 Å². The Kier molecular flexibility index (Phi) is 5.84. The van der Waals surface area contributed by atoms with E-state index in [1.54, 1.807) is 6.07 Å². The highest BCUT2D eigenvalue weighted by Gasteiger charge is 2.28. The van der Waals surface area contributed by atoms with Gasteiger partial charge in [0.2, 0.25) is 5.91 Å². The number of primary amides is 1. The maximum Gasteiger partial charge on any atom is 0.332 e. The zero-order valence-electron chi connectivity index (χ0n) is 14.7. The van der Waals surface area contributed by atoms with Crippen LogP contribution in [0.1, 0.15) is 11.1 Å². The molecule has 0 aliphatic carbocycles. The van der Waals surface area contributed by atoms with E-state index in [0.717, 1.165) is 10.4 Å². The third kappa shape index (κ3) is 4.38. The number of rotatable bonds is 2. The molecule has 0 atom stereocenters. The number of hydrogen-bond donors (Lipinski definition) is 2. The molecular weight excluding hydrogens is 409 g/mol. The van der Waals surface area contributed by atoms with Crippen molar-refractivity contribution >= 4 is 29.6 Å². The second-order valence-electron chi connectivity index (χ2n) is 5.91. The quantitative estimate of drug-likeness (QED) is 0.724. The molecule has 29 heavy (non-hydrogen) atoms. The molecule has 2 aliphatic rings. The fourth-order valence-corrected chi connectivity index (χ4v) is 3.54. The minimum Gasteiger partial charge on any atom is -0.493 e. The van der Waals surface area contributed by atoms with Crippen molar-refractivity contribution in [1.82, 2.24) is 4.31 Å². The summed E-state index contributed by atoms with van der Waals surface area (Å²) in [6, 6.07) is 6.26. The molecule has 7 nitrogen and oxygen atoms in total. The second-order valence-corrected chi connectivity index (χ2v) is 6.94. The van der Waals surface area contributed by atoms with Crippen LogP contribution in [0.25, 0.3) is 0 Å². The molecule has 0 bridgehead atoms. The summed E-state index contributed by atoms with van der Waals surface area (Å²) in [7, 11) is 0. The molecule has 0 aromatic heterocycles. The van der Waals surface area contributed by atoms with Crippen LogP contribution in [-0.4, -0.2) is 29.4 Å². The number of ether oxygens (including phenoxy) is 1. The lowest BCUT2D eigenvalue weighted by molar-refractivity contribution is -0.117. The van der Waals surface area contributed by atoms with E-state index in [-0.39, 0.29) is 22.9 Å². The number of nitrogens with zero attached hydrogens (tertiary/aromatic N) is 2. The van der Waals surface area contributed by atoms with Gasteiger partial charge in [0, 0.05) is 12.0 Å². The predicted molar refractivity (Wildman–Crippen MR) is 97.4 cm³/mol. The van der Waals surface area contributed by atoms with Crippen LogP contribution in [0, 0.1) is 28.8 Å². The van der Waals surface area contributed by atoms with Gasteiger partial charge in [-0.05, 0) is 36.2 Å². The molecule has 0 saturated heterocycles. The standard InChI is InChI=1S/C9H7F2N3O2S.C9H6FNO/c10-4-1-2-5-8(7(4)11)17-14(3-6(12)15)9(16)13-5;10-8-3-6(5-11)4-9-7(8)1-2-12-9/h1-2H,3H2,(H2,12,15)(H,13,16);3-4H,1-2H2. The molecular formula is C18H13F3N4O3S. The highest BCUT2D eigenvalue weighted by molar-refractivity contribution is 7.97. The Morgan fingerprint density at radius 3 is 2.76 bits per heavy atom. The van der Waals surface area contributed by atoms with Crippen molar-refractivity contribution in [3.63, 3.8) is 0 Å². The number of nitriles is 1. The molecule has 2 heterocycles. The molecule has 0 fully saturated rings. The van der Waals surface area contributed by atoms with Gasteiger partial charge in [-0.25, -0.2) is 18.0 Å². The van der Waals surface area contributed by atoms with Crippen molar-refractivity contribution in [2.24, 2.45) is 5.73 Å². The zero-order chi connectivity index (χ0) is 21.1. The van der Waals surface area contributed by atoms with Crippen molar-refractivity contribution in [3.8, 4) is 11.8 Å². The average molecular weight is 422 g/mol. The summed E-state index contributed by atoms with van der Waals surface area (Å²) in [5.74, 6) is -2.64. The number of carbonyl (C=O) groups is 2. The molecule has 3 amide bonds. The first-order valence-electron chi connectivity index (χ1n) is 8.18. The van der Waals surface area contributed by atoms with Gasteiger partial charge in [0.1, 0.15) is 18.1 Å². The number of urea groups is 1. The van der Waals surface area contributed by atoms with Crippen molar-refractivity contribution in [3.05, 3.63) is 52.8 Å². The molecule has 3 N–H and O–H groups in total. The number of nitrogens with two attached hydrogens (primary N) is 1. The third-order valence-corrected chi connectivity index (χ3v) is 5.01. The summed E-state index contributed by atoms with van der Waals surface area (Å²) in [6.07, 6.45) is 0.604. The number of benzene rings is 2. The van der Waals surface area contributed by atoms with Crippen LogP contribution < -0.4 is 15.8 Å². The van der Waals surface area contributed by atoms with E-state index >= 15 is 0 Å². The number of carbonyl (C=O) groups excluding carboxylic acids is 2. The van der Waals surface area contributed by atoms with Gasteiger partial charge in [-0.3, -0.25) is 9.10 Å². The summed E-state index contributed by atoms with van der Waals surface area (Å²) in [5, 5.41) is 10.9. The van der Waals surface area contributed by atoms with Gasteiger partial charge in [-0.15, -0.1) is 0 Å². The smallest absolute Gasteiger partial charge is 0.332 e. The molecule has 2 aromatic carbocycles. The molecule has 0 spiro atoms. The lowest BCUT2D eigenvalue weighted by Gasteiger charge is -2.26. The first-order chi connectivity index (χ1) is 13.8. The number of anilines is 1. The largest absolute Gasteiger partial charge is 0.493 e. The normalized spacial score (nSPS) is 13.9. The van der Waals surface area contributed by atoms with Crippen molar-refractivity contribution in [1.29, 1.82) is 5.26 Å². The van der Waals surface area contributed by atoms with Gasteiger partial charge < -0.3 is 15.8 Å². The van der Waals surface area contributed by atoms with Crippen LogP contribution in [0.3, 0.4) is 0 Å². The monoisotopic (exact) mass is 422 g/mol. The van der Waals surface area contributed by atoms with Gasteiger partial charge in [-0.2, -0.15) is 5.26 Å². The van der Waals surface area contributed by atoms with Crippen LogP contribution in [0.5, 0.6) is 5.75 Å². The molecule has 150 valence electrons. The first-order valence-corrected chi connectivity index (χ1v) is 8.95. The minimum atomic E-state index is -1.07. The molecule has 0 saturated carbocycles. The summed E-state index contributed by atoms with van der Waals surface area (Å²) in [6.45, 7) is 0.132. The van der Waals surface area contributed by atoms with E-state index < -0.39 is 23.6 Å². The Balaban J connectivity index is 0.000000176. The Morgan fingerprint density at radius 1 is 1.31 bits per heavy atom.